The second-order valence-electron chi connectivity index (χ2n) is 5.68. The minimum Gasteiger partial charge on any atom is -0.311 e. The van der Waals surface area contributed by atoms with Crippen molar-refractivity contribution in [3.63, 3.8) is 0 Å². The quantitative estimate of drug-likeness (QED) is 0.717. The first-order chi connectivity index (χ1) is 10.6. The van der Waals surface area contributed by atoms with E-state index in [0.29, 0.717) is 13.2 Å². The molecule has 1 saturated carbocycles. The maximum Gasteiger partial charge on any atom is 0.343 e. The van der Waals surface area contributed by atoms with E-state index in [-0.39, 0.29) is 11.8 Å². The van der Waals surface area contributed by atoms with Gasteiger partial charge in [-0.25, -0.2) is 4.99 Å². The van der Waals surface area contributed by atoms with Gasteiger partial charge in [-0.1, -0.05) is 28.1 Å². The molecule has 0 amide bonds. The molecule has 0 aromatic heterocycles. The van der Waals surface area contributed by atoms with E-state index in [9.17, 15) is 10.5 Å². The summed E-state index contributed by atoms with van der Waals surface area (Å²) in [6.45, 7) is 0.719. The van der Waals surface area contributed by atoms with Crippen LogP contribution in [0.4, 0.5) is 0 Å². The highest BCUT2D eigenvalue weighted by Gasteiger charge is 2.97. The zero-order chi connectivity index (χ0) is 15.6. The minimum absolute atomic E-state index is 0.242. The van der Waals surface area contributed by atoms with Crippen LogP contribution in [0.5, 0.6) is 0 Å². The Morgan fingerprint density at radius 2 is 1.82 bits per heavy atom. The summed E-state index contributed by atoms with van der Waals surface area (Å²) in [5, 5.41) is 19.7. The fraction of sp³-hybridized carbons (Fsp3) is 0.400. The monoisotopic (exact) mass is 359 g/mol. The Balaban J connectivity index is 1.92. The molecule has 7 heteroatoms. The number of rotatable bonds is 1. The molecule has 22 heavy (non-hydrogen) atoms. The zero-order valence-corrected chi connectivity index (χ0v) is 13.1. The van der Waals surface area contributed by atoms with Crippen LogP contribution >= 0.6 is 15.9 Å². The zero-order valence-electron chi connectivity index (χ0n) is 11.5. The normalized spacial score (nSPS) is 37.2. The summed E-state index contributed by atoms with van der Waals surface area (Å²) in [5.41, 5.74) is 4.65. The minimum atomic E-state index is -1.33. The van der Waals surface area contributed by atoms with Crippen LogP contribution in [0.1, 0.15) is 11.5 Å². The molecule has 0 bridgehead atoms. The van der Waals surface area contributed by atoms with Gasteiger partial charge in [0.25, 0.3) is 5.84 Å². The van der Waals surface area contributed by atoms with Crippen molar-refractivity contribution in [2.24, 2.45) is 16.6 Å². The van der Waals surface area contributed by atoms with Crippen molar-refractivity contribution in [3.8, 4) is 12.1 Å². The maximum atomic E-state index is 9.91. The maximum absolute atomic E-state index is 9.91. The summed E-state index contributed by atoms with van der Waals surface area (Å²) < 4.78 is 12.3. The molecule has 1 aromatic rings. The van der Waals surface area contributed by atoms with Crippen LogP contribution in [0.3, 0.4) is 0 Å². The number of nitrogens with zero attached hydrogens (tertiary/aromatic N) is 2. The van der Waals surface area contributed by atoms with Crippen molar-refractivity contribution >= 4 is 21.8 Å². The first kappa shape index (κ1) is 13.7. The lowest BCUT2D eigenvalue weighted by Gasteiger charge is -2.23. The molecule has 4 rings (SSSR count). The van der Waals surface area contributed by atoms with Crippen LogP contribution in [0.2, 0.25) is 0 Å². The van der Waals surface area contributed by atoms with Crippen LogP contribution in [-0.2, 0) is 9.47 Å². The fourth-order valence-electron chi connectivity index (χ4n) is 3.97. The number of halogens is 1. The number of fused-ring (bicyclic) bond motifs is 2. The SMILES string of the molecule is N#C[C@@]12C(N)=[NH+]C3(OCCO3)[C@]1(C#N)[C@@H]2c1ccc(Br)cc1. The van der Waals surface area contributed by atoms with Crippen molar-refractivity contribution in [3.05, 3.63) is 34.3 Å². The van der Waals surface area contributed by atoms with E-state index in [2.05, 4.69) is 33.1 Å². The molecule has 1 saturated heterocycles. The molecule has 3 N–H and O–H groups in total. The summed E-state index contributed by atoms with van der Waals surface area (Å²) in [6, 6.07) is 12.1. The van der Waals surface area contributed by atoms with E-state index < -0.39 is 16.7 Å². The molecule has 110 valence electrons. The van der Waals surface area contributed by atoms with E-state index in [0.717, 1.165) is 10.0 Å². The lowest BCUT2D eigenvalue weighted by Crippen LogP contribution is -2.89. The molecule has 3 atom stereocenters. The molecule has 6 nitrogen and oxygen atoms in total. The van der Waals surface area contributed by atoms with Gasteiger partial charge in [-0.05, 0) is 17.7 Å². The van der Waals surface area contributed by atoms with Gasteiger partial charge < -0.3 is 9.47 Å². The van der Waals surface area contributed by atoms with Gasteiger partial charge in [0.2, 0.25) is 0 Å². The van der Waals surface area contributed by atoms with Gasteiger partial charge >= 0.3 is 5.91 Å². The third kappa shape index (κ3) is 1.21. The number of amidine groups is 1. The van der Waals surface area contributed by atoms with Gasteiger partial charge in [0.05, 0.1) is 25.4 Å². The van der Waals surface area contributed by atoms with E-state index in [1.54, 1.807) is 0 Å². The molecule has 1 aliphatic carbocycles. The second-order valence-corrected chi connectivity index (χ2v) is 6.59. The number of nitriles is 2. The Bertz CT molecular complexity index is 772. The highest BCUT2D eigenvalue weighted by molar-refractivity contribution is 9.10. The summed E-state index contributed by atoms with van der Waals surface area (Å²) in [5.74, 6) is -1.48. The Labute approximate surface area is 135 Å². The number of benzene rings is 1. The topological polar surface area (TPSA) is 106 Å². The molecular formula is C15H12BrN4O2+. The number of hydrogen-bond acceptors (Lipinski definition) is 5. The number of nitrogens with one attached hydrogen (secondary N) is 1. The predicted octanol–water partition coefficient (Wildman–Crippen LogP) is -0.282. The number of ether oxygens (including phenoxy) is 2. The molecule has 1 spiro atoms. The fourth-order valence-corrected chi connectivity index (χ4v) is 4.24. The molecule has 3 aliphatic rings. The van der Waals surface area contributed by atoms with Gasteiger partial charge in [0, 0.05) is 10.4 Å². The van der Waals surface area contributed by atoms with E-state index in [1.165, 1.54) is 0 Å². The summed E-state index contributed by atoms with van der Waals surface area (Å²) in [6.07, 6.45) is 0. The van der Waals surface area contributed by atoms with Crippen molar-refractivity contribution in [1.82, 2.24) is 0 Å². The van der Waals surface area contributed by atoms with Crippen LogP contribution in [0.25, 0.3) is 0 Å². The Hall–Kier alpha value is -1.93. The first-order valence-electron chi connectivity index (χ1n) is 6.85. The lowest BCUT2D eigenvalue weighted by atomic mass is 9.94. The molecule has 2 fully saturated rings. The highest BCUT2D eigenvalue weighted by Crippen LogP contribution is 2.79. The average molecular weight is 360 g/mol. The van der Waals surface area contributed by atoms with Crippen molar-refractivity contribution in [2.45, 2.75) is 11.8 Å². The first-order valence-corrected chi connectivity index (χ1v) is 7.64. The van der Waals surface area contributed by atoms with E-state index in [1.807, 2.05) is 24.3 Å². The van der Waals surface area contributed by atoms with Gasteiger partial charge in [-0.2, -0.15) is 10.5 Å². The summed E-state index contributed by atoms with van der Waals surface area (Å²) in [4.78, 5) is 2.92. The van der Waals surface area contributed by atoms with Crippen LogP contribution < -0.4 is 10.7 Å². The molecule has 2 heterocycles. The lowest BCUT2D eigenvalue weighted by molar-refractivity contribution is -0.676. The van der Waals surface area contributed by atoms with Gasteiger partial charge in [-0.15, -0.1) is 0 Å². The van der Waals surface area contributed by atoms with E-state index in [4.69, 9.17) is 15.2 Å². The van der Waals surface area contributed by atoms with E-state index >= 15 is 0 Å². The Kier molecular flexibility index (Phi) is 2.54. The second kappa shape index (κ2) is 4.08. The van der Waals surface area contributed by atoms with Gasteiger partial charge in [-0.3, -0.25) is 5.73 Å². The molecular weight excluding hydrogens is 348 g/mol. The molecule has 2 aliphatic heterocycles. The Morgan fingerprint density at radius 1 is 1.18 bits per heavy atom. The summed E-state index contributed by atoms with van der Waals surface area (Å²) in [7, 11) is 0. The predicted molar refractivity (Wildman–Crippen MR) is 77.8 cm³/mol. The van der Waals surface area contributed by atoms with Crippen LogP contribution in [-0.4, -0.2) is 25.0 Å². The Morgan fingerprint density at radius 3 is 2.36 bits per heavy atom. The molecule has 1 aromatic carbocycles. The molecule has 0 radical (unpaired) electrons. The van der Waals surface area contributed by atoms with Crippen molar-refractivity contribution in [1.29, 1.82) is 10.5 Å². The van der Waals surface area contributed by atoms with Crippen LogP contribution in [0, 0.1) is 33.5 Å². The third-order valence-corrected chi connectivity index (χ3v) is 5.43. The van der Waals surface area contributed by atoms with Crippen molar-refractivity contribution in [2.75, 3.05) is 13.2 Å². The average Bonchev–Trinajstić information content (AvgIpc) is 2.77. The standard InChI is InChI=1S/C15H11BrN4O2/c16-10-3-1-9(2-4-10)11-13(7-17)12(19)20-15(14(11,13)8-18)21-5-6-22-15/h1-4,11H,5-6H2,(H2,19,20)/p+1/t11-,13-,14-/m1/s1. The third-order valence-electron chi connectivity index (χ3n) is 4.90. The van der Waals surface area contributed by atoms with Gasteiger partial charge in [0.15, 0.2) is 10.8 Å². The van der Waals surface area contributed by atoms with Crippen molar-refractivity contribution < 1.29 is 14.5 Å². The summed E-state index contributed by atoms with van der Waals surface area (Å²) >= 11 is 3.39. The number of nitrogens with two attached hydrogens (primary N) is 1. The smallest absolute Gasteiger partial charge is 0.311 e. The largest absolute Gasteiger partial charge is 0.343 e. The highest BCUT2D eigenvalue weighted by atomic mass is 79.9. The van der Waals surface area contributed by atoms with Crippen LogP contribution in [0.15, 0.2) is 28.7 Å². The number of hydrogen-bond donors (Lipinski definition) is 2. The molecule has 0 unspecified atom stereocenters. The van der Waals surface area contributed by atoms with Gasteiger partial charge in [0.1, 0.15) is 0 Å².